The Labute approximate surface area is 111 Å². The summed E-state index contributed by atoms with van der Waals surface area (Å²) in [5.74, 6) is -0.456. The zero-order valence-electron chi connectivity index (χ0n) is 10.5. The van der Waals surface area contributed by atoms with Crippen LogP contribution in [-0.2, 0) is 23.5 Å². The van der Waals surface area contributed by atoms with E-state index in [0.717, 1.165) is 17.8 Å². The van der Waals surface area contributed by atoms with Crippen LogP contribution in [0.5, 0.6) is 0 Å². The predicted molar refractivity (Wildman–Crippen MR) is 70.7 cm³/mol. The monoisotopic (exact) mass is 282 g/mol. The zero-order valence-corrected chi connectivity index (χ0v) is 11.3. The highest BCUT2D eigenvalue weighted by atomic mass is 32.2. The maximum absolute atomic E-state index is 12.7. The van der Waals surface area contributed by atoms with Gasteiger partial charge in [0.05, 0.1) is 4.90 Å². The fraction of sp³-hybridized carbons (Fsp3) is 0.231. The second kappa shape index (κ2) is 5.54. The molecule has 1 aromatic heterocycles. The average molecular weight is 282 g/mol. The number of aromatic nitrogens is 1. The van der Waals surface area contributed by atoms with Crippen molar-refractivity contribution in [2.75, 3.05) is 6.54 Å². The molecule has 0 amide bonds. The lowest BCUT2D eigenvalue weighted by Crippen LogP contribution is -2.26. The van der Waals surface area contributed by atoms with E-state index in [9.17, 15) is 12.8 Å². The molecule has 0 aliphatic rings. The third kappa shape index (κ3) is 3.42. The van der Waals surface area contributed by atoms with Crippen molar-refractivity contribution < 1.29 is 12.8 Å². The van der Waals surface area contributed by atoms with Gasteiger partial charge in [-0.25, -0.2) is 17.5 Å². The van der Waals surface area contributed by atoms with Gasteiger partial charge < -0.3 is 4.57 Å². The minimum absolute atomic E-state index is 0.0702. The van der Waals surface area contributed by atoms with Crippen molar-refractivity contribution >= 4 is 10.0 Å². The molecule has 19 heavy (non-hydrogen) atoms. The largest absolute Gasteiger partial charge is 0.354 e. The zero-order chi connectivity index (χ0) is 13.9. The molecule has 0 unspecified atom stereocenters. The van der Waals surface area contributed by atoms with Crippen molar-refractivity contribution in [3.8, 4) is 0 Å². The topological polar surface area (TPSA) is 51.1 Å². The lowest BCUT2D eigenvalue weighted by atomic mass is 10.3. The molecule has 0 fully saturated rings. The first kappa shape index (κ1) is 13.8. The van der Waals surface area contributed by atoms with Gasteiger partial charge in [0.25, 0.3) is 0 Å². The molecule has 0 aliphatic carbocycles. The molecule has 0 bridgehead atoms. The minimum Gasteiger partial charge on any atom is -0.354 e. The fourth-order valence-electron chi connectivity index (χ4n) is 1.77. The number of benzene rings is 1. The van der Waals surface area contributed by atoms with Gasteiger partial charge in [-0.05, 0) is 36.4 Å². The van der Waals surface area contributed by atoms with E-state index < -0.39 is 15.8 Å². The molecule has 2 rings (SSSR count). The number of rotatable bonds is 5. The molecule has 1 N–H and O–H groups in total. The van der Waals surface area contributed by atoms with E-state index in [1.807, 2.05) is 29.9 Å². The fourth-order valence-corrected chi connectivity index (χ4v) is 2.80. The van der Waals surface area contributed by atoms with Crippen LogP contribution in [-0.4, -0.2) is 19.5 Å². The van der Waals surface area contributed by atoms with E-state index in [0.29, 0.717) is 13.0 Å². The summed E-state index contributed by atoms with van der Waals surface area (Å²) in [6, 6.07) is 8.61. The van der Waals surface area contributed by atoms with Crippen LogP contribution in [0.4, 0.5) is 4.39 Å². The van der Waals surface area contributed by atoms with E-state index in [4.69, 9.17) is 0 Å². The molecule has 0 spiro atoms. The molecule has 1 heterocycles. The molecule has 0 atom stereocenters. The molecule has 6 heteroatoms. The Morgan fingerprint density at radius 2 is 1.89 bits per heavy atom. The lowest BCUT2D eigenvalue weighted by molar-refractivity contribution is 0.579. The summed E-state index contributed by atoms with van der Waals surface area (Å²) in [5, 5.41) is 0. The molecule has 0 aliphatic heterocycles. The predicted octanol–water partition coefficient (Wildman–Crippen LogP) is 1.69. The van der Waals surface area contributed by atoms with Crippen LogP contribution in [0.3, 0.4) is 0 Å². The van der Waals surface area contributed by atoms with Crippen molar-refractivity contribution in [2.45, 2.75) is 11.3 Å². The summed E-state index contributed by atoms with van der Waals surface area (Å²) in [5.41, 5.74) is 1.04. The van der Waals surface area contributed by atoms with E-state index in [-0.39, 0.29) is 4.90 Å². The Morgan fingerprint density at radius 1 is 1.21 bits per heavy atom. The lowest BCUT2D eigenvalue weighted by Gasteiger charge is -2.07. The van der Waals surface area contributed by atoms with E-state index in [2.05, 4.69) is 4.72 Å². The van der Waals surface area contributed by atoms with Crippen LogP contribution in [0, 0.1) is 5.82 Å². The van der Waals surface area contributed by atoms with Gasteiger partial charge in [0.1, 0.15) is 5.82 Å². The van der Waals surface area contributed by atoms with E-state index in [1.54, 1.807) is 0 Å². The number of hydrogen-bond acceptors (Lipinski definition) is 2. The van der Waals surface area contributed by atoms with Crippen LogP contribution < -0.4 is 4.72 Å². The van der Waals surface area contributed by atoms with E-state index in [1.165, 1.54) is 12.1 Å². The Morgan fingerprint density at radius 3 is 2.47 bits per heavy atom. The van der Waals surface area contributed by atoms with Gasteiger partial charge in [-0.15, -0.1) is 0 Å². The molecule has 102 valence electrons. The quantitative estimate of drug-likeness (QED) is 0.907. The number of sulfonamides is 1. The highest BCUT2D eigenvalue weighted by Gasteiger charge is 2.13. The minimum atomic E-state index is -3.57. The van der Waals surface area contributed by atoms with Gasteiger partial charge in [-0.2, -0.15) is 0 Å². The number of nitrogens with one attached hydrogen (secondary N) is 1. The van der Waals surface area contributed by atoms with Crippen molar-refractivity contribution in [1.29, 1.82) is 0 Å². The standard InChI is InChI=1S/C13H15FN2O2S/c1-16-10-2-3-12(16)8-9-15-19(17,18)13-6-4-11(14)5-7-13/h2-7,10,15H,8-9H2,1H3. The summed E-state index contributed by atoms with van der Waals surface area (Å²) >= 11 is 0. The SMILES string of the molecule is Cn1cccc1CCNS(=O)(=O)c1ccc(F)cc1. The molecule has 0 radical (unpaired) electrons. The first-order valence-electron chi connectivity index (χ1n) is 5.84. The smallest absolute Gasteiger partial charge is 0.240 e. The second-order valence-corrected chi connectivity index (χ2v) is 5.98. The number of aryl methyl sites for hydroxylation is 1. The first-order valence-corrected chi connectivity index (χ1v) is 7.33. The molecular weight excluding hydrogens is 267 g/mol. The number of nitrogens with zero attached hydrogens (tertiary/aromatic N) is 1. The highest BCUT2D eigenvalue weighted by Crippen LogP contribution is 2.09. The number of halogens is 1. The first-order chi connectivity index (χ1) is 8.99. The summed E-state index contributed by atoms with van der Waals surface area (Å²) < 4.78 is 41.0. The molecular formula is C13H15FN2O2S. The maximum Gasteiger partial charge on any atom is 0.240 e. The van der Waals surface area contributed by atoms with Gasteiger partial charge in [-0.3, -0.25) is 0 Å². The summed E-state index contributed by atoms with van der Waals surface area (Å²) in [4.78, 5) is 0.0702. The van der Waals surface area contributed by atoms with Crippen molar-refractivity contribution in [3.63, 3.8) is 0 Å². The Hall–Kier alpha value is -1.66. The summed E-state index contributed by atoms with van der Waals surface area (Å²) in [7, 11) is -1.66. The van der Waals surface area contributed by atoms with Crippen molar-refractivity contribution in [2.24, 2.45) is 7.05 Å². The highest BCUT2D eigenvalue weighted by molar-refractivity contribution is 7.89. The Bertz CT molecular complexity index is 648. The van der Waals surface area contributed by atoms with Gasteiger partial charge >= 0.3 is 0 Å². The van der Waals surface area contributed by atoms with E-state index >= 15 is 0 Å². The summed E-state index contributed by atoms with van der Waals surface area (Å²) in [6.45, 7) is 0.303. The average Bonchev–Trinajstić information content (AvgIpc) is 2.75. The Kier molecular flexibility index (Phi) is 4.01. The normalized spacial score (nSPS) is 11.7. The third-order valence-electron chi connectivity index (χ3n) is 2.85. The third-order valence-corrected chi connectivity index (χ3v) is 4.33. The maximum atomic E-state index is 12.7. The van der Waals surface area contributed by atoms with Crippen molar-refractivity contribution in [1.82, 2.24) is 9.29 Å². The van der Waals surface area contributed by atoms with Crippen molar-refractivity contribution in [3.05, 3.63) is 54.1 Å². The summed E-state index contributed by atoms with van der Waals surface area (Å²) in [6.07, 6.45) is 2.51. The van der Waals surface area contributed by atoms with Gasteiger partial charge in [-0.1, -0.05) is 0 Å². The van der Waals surface area contributed by atoms with Gasteiger partial charge in [0.15, 0.2) is 0 Å². The molecule has 0 saturated carbocycles. The van der Waals surface area contributed by atoms with Crippen LogP contribution in [0.2, 0.25) is 0 Å². The molecule has 0 saturated heterocycles. The van der Waals surface area contributed by atoms with Crippen LogP contribution >= 0.6 is 0 Å². The molecule has 2 aromatic rings. The molecule has 1 aromatic carbocycles. The van der Waals surface area contributed by atoms with Crippen LogP contribution in [0.15, 0.2) is 47.5 Å². The van der Waals surface area contributed by atoms with Crippen LogP contribution in [0.25, 0.3) is 0 Å². The Balaban J connectivity index is 1.98. The molecule has 4 nitrogen and oxygen atoms in total. The van der Waals surface area contributed by atoms with Gasteiger partial charge in [0.2, 0.25) is 10.0 Å². The van der Waals surface area contributed by atoms with Gasteiger partial charge in [0, 0.05) is 31.9 Å². The van der Waals surface area contributed by atoms with Crippen LogP contribution in [0.1, 0.15) is 5.69 Å². The second-order valence-electron chi connectivity index (χ2n) is 4.21. The number of hydrogen-bond donors (Lipinski definition) is 1.